The summed E-state index contributed by atoms with van der Waals surface area (Å²) in [5, 5.41) is 2.79. The minimum atomic E-state index is -0.553. The maximum atomic E-state index is 12.9. The van der Waals surface area contributed by atoms with Gasteiger partial charge < -0.3 is 15.0 Å². The third kappa shape index (κ3) is 4.49. The Kier molecular flexibility index (Phi) is 5.70. The Morgan fingerprint density at radius 3 is 2.53 bits per heavy atom. The lowest BCUT2D eigenvalue weighted by atomic mass is 9.75. The van der Waals surface area contributed by atoms with Crippen LogP contribution in [0.1, 0.15) is 57.8 Å². The quantitative estimate of drug-likeness (QED) is 0.629. The molecule has 2 N–H and O–H groups in total. The summed E-state index contributed by atoms with van der Waals surface area (Å²) in [7, 11) is 1.60. The summed E-state index contributed by atoms with van der Waals surface area (Å²) in [5.74, 6) is 0.102. The molecule has 0 unspecified atom stereocenters. The maximum absolute atomic E-state index is 12.9. The molecule has 1 aliphatic carbocycles. The number of pyridine rings is 1. The summed E-state index contributed by atoms with van der Waals surface area (Å²) >= 11 is 0. The number of carbonyl (C=O) groups excluding carboxylic acids is 2. The monoisotopic (exact) mass is 430 g/mol. The number of carbonyl (C=O) groups is 2. The van der Waals surface area contributed by atoms with Crippen molar-refractivity contribution in [1.29, 1.82) is 0 Å². The number of aromatic nitrogens is 1. The van der Waals surface area contributed by atoms with Gasteiger partial charge in [-0.3, -0.25) is 14.4 Å². The lowest BCUT2D eigenvalue weighted by molar-refractivity contribution is 0.0910. The predicted molar refractivity (Wildman–Crippen MR) is 124 cm³/mol. The molecule has 0 fully saturated rings. The van der Waals surface area contributed by atoms with Crippen molar-refractivity contribution >= 4 is 17.4 Å². The zero-order valence-corrected chi connectivity index (χ0v) is 18.5. The first-order valence-corrected chi connectivity index (χ1v) is 10.6. The minimum Gasteiger partial charge on any atom is -0.496 e. The van der Waals surface area contributed by atoms with Crippen LogP contribution in [0.3, 0.4) is 0 Å². The first-order chi connectivity index (χ1) is 15.3. The van der Waals surface area contributed by atoms with E-state index < -0.39 is 11.5 Å². The molecular formula is C26H26N2O4. The first-order valence-electron chi connectivity index (χ1n) is 10.6. The van der Waals surface area contributed by atoms with Crippen molar-refractivity contribution in [3.05, 3.63) is 92.9 Å². The lowest BCUT2D eigenvalue weighted by Gasteiger charge is -2.29. The van der Waals surface area contributed by atoms with Crippen LogP contribution in [0.15, 0.2) is 59.4 Å². The number of ketones is 1. The van der Waals surface area contributed by atoms with E-state index in [0.29, 0.717) is 42.0 Å². The number of hydrogen-bond acceptors (Lipinski definition) is 4. The molecule has 0 aliphatic heterocycles. The Morgan fingerprint density at radius 1 is 1.06 bits per heavy atom. The van der Waals surface area contributed by atoms with Crippen LogP contribution in [0.5, 0.6) is 5.75 Å². The second-order valence-corrected chi connectivity index (χ2v) is 8.99. The van der Waals surface area contributed by atoms with Gasteiger partial charge in [0.1, 0.15) is 11.3 Å². The number of benzene rings is 2. The maximum Gasteiger partial charge on any atom is 0.261 e. The molecule has 6 nitrogen and oxygen atoms in total. The van der Waals surface area contributed by atoms with Crippen molar-refractivity contribution in [2.45, 2.75) is 33.1 Å². The number of Topliss-reactive ketones (excluding diaryl/α,β-unsaturated/α-hetero) is 1. The van der Waals surface area contributed by atoms with Crippen LogP contribution in [0, 0.1) is 5.41 Å². The number of fused-ring (bicyclic) bond motifs is 1. The molecule has 1 aliphatic rings. The number of aromatic amines is 1. The van der Waals surface area contributed by atoms with Crippen LogP contribution in [-0.2, 0) is 12.8 Å². The molecule has 0 saturated heterocycles. The number of amides is 1. The van der Waals surface area contributed by atoms with E-state index in [1.54, 1.807) is 19.2 Å². The number of methoxy groups -OCH3 is 1. The summed E-state index contributed by atoms with van der Waals surface area (Å²) in [6.45, 7) is 3.98. The van der Waals surface area contributed by atoms with E-state index in [9.17, 15) is 14.4 Å². The molecule has 2 aromatic carbocycles. The molecule has 3 aromatic rings. The van der Waals surface area contributed by atoms with Crippen molar-refractivity contribution in [3.63, 3.8) is 0 Å². The number of rotatable bonds is 5. The fraction of sp³-hybridized carbons (Fsp3) is 0.269. The van der Waals surface area contributed by atoms with Crippen LogP contribution in [0.25, 0.3) is 0 Å². The molecule has 32 heavy (non-hydrogen) atoms. The van der Waals surface area contributed by atoms with E-state index in [1.165, 1.54) is 6.07 Å². The average molecular weight is 431 g/mol. The average Bonchev–Trinajstić information content (AvgIpc) is 2.73. The van der Waals surface area contributed by atoms with Crippen LogP contribution in [0.2, 0.25) is 0 Å². The Hall–Kier alpha value is -3.67. The van der Waals surface area contributed by atoms with Gasteiger partial charge in [-0.15, -0.1) is 0 Å². The highest BCUT2D eigenvalue weighted by molar-refractivity contribution is 6.06. The van der Waals surface area contributed by atoms with Crippen LogP contribution in [-0.4, -0.2) is 23.8 Å². The van der Waals surface area contributed by atoms with Crippen molar-refractivity contribution in [1.82, 2.24) is 4.98 Å². The highest BCUT2D eigenvalue weighted by Crippen LogP contribution is 2.33. The van der Waals surface area contributed by atoms with E-state index >= 15 is 0 Å². The highest BCUT2D eigenvalue weighted by Gasteiger charge is 2.32. The van der Waals surface area contributed by atoms with Crippen molar-refractivity contribution in [3.8, 4) is 5.75 Å². The van der Waals surface area contributed by atoms with Crippen LogP contribution < -0.4 is 15.6 Å². The Morgan fingerprint density at radius 2 is 1.81 bits per heavy atom. The summed E-state index contributed by atoms with van der Waals surface area (Å²) in [4.78, 5) is 40.8. The standard InChI is InChI=1S/C26H26N2O4/c1-26(2)14-21-19(22(29)15-26)13-20(25(31)28-21)24(30)27-18-9-10-23(32-3)17(12-18)11-16-7-5-4-6-8-16/h4-10,12-13H,11,14-15H2,1-3H3,(H,27,30)(H,28,31). The number of H-pyrrole nitrogens is 1. The van der Waals surface area contributed by atoms with E-state index in [1.807, 2.05) is 50.2 Å². The zero-order chi connectivity index (χ0) is 22.9. The van der Waals surface area contributed by atoms with Crippen molar-refractivity contribution < 1.29 is 14.3 Å². The Balaban J connectivity index is 1.61. The molecule has 1 amide bonds. The molecular weight excluding hydrogens is 404 g/mol. The van der Waals surface area contributed by atoms with E-state index in [-0.39, 0.29) is 16.8 Å². The summed E-state index contributed by atoms with van der Waals surface area (Å²) in [5.41, 5.74) is 2.81. The first kappa shape index (κ1) is 21.6. The molecule has 6 heteroatoms. The van der Waals surface area contributed by atoms with Gasteiger partial charge in [0.15, 0.2) is 5.78 Å². The van der Waals surface area contributed by atoms with Gasteiger partial charge >= 0.3 is 0 Å². The van der Waals surface area contributed by atoms with Gasteiger partial charge in [0, 0.05) is 35.3 Å². The zero-order valence-electron chi connectivity index (χ0n) is 18.5. The van der Waals surface area contributed by atoms with Gasteiger partial charge in [-0.25, -0.2) is 0 Å². The molecule has 0 saturated carbocycles. The third-order valence-electron chi connectivity index (χ3n) is 5.74. The molecule has 164 valence electrons. The smallest absolute Gasteiger partial charge is 0.261 e. The largest absolute Gasteiger partial charge is 0.496 e. The van der Waals surface area contributed by atoms with E-state index in [2.05, 4.69) is 10.3 Å². The molecule has 0 bridgehead atoms. The second kappa shape index (κ2) is 8.46. The van der Waals surface area contributed by atoms with Gasteiger partial charge in [0.2, 0.25) is 0 Å². The molecule has 1 heterocycles. The van der Waals surface area contributed by atoms with E-state index in [0.717, 1.165) is 11.1 Å². The second-order valence-electron chi connectivity index (χ2n) is 8.99. The Bertz CT molecular complexity index is 1240. The molecule has 0 radical (unpaired) electrons. The van der Waals surface area contributed by atoms with Gasteiger partial charge in [0.25, 0.3) is 11.5 Å². The number of nitrogens with one attached hydrogen (secondary N) is 2. The van der Waals surface area contributed by atoms with Crippen LogP contribution >= 0.6 is 0 Å². The fourth-order valence-corrected chi connectivity index (χ4v) is 4.21. The number of anilines is 1. The van der Waals surface area contributed by atoms with Gasteiger partial charge in [0.05, 0.1) is 7.11 Å². The number of hydrogen-bond donors (Lipinski definition) is 2. The molecule has 0 spiro atoms. The fourth-order valence-electron chi connectivity index (χ4n) is 4.21. The molecule has 1 aromatic heterocycles. The summed E-state index contributed by atoms with van der Waals surface area (Å²) in [6.07, 6.45) is 1.61. The Labute approximate surface area is 186 Å². The topological polar surface area (TPSA) is 88.3 Å². The third-order valence-corrected chi connectivity index (χ3v) is 5.74. The lowest BCUT2D eigenvalue weighted by Crippen LogP contribution is -2.32. The summed E-state index contributed by atoms with van der Waals surface area (Å²) < 4.78 is 5.47. The summed E-state index contributed by atoms with van der Waals surface area (Å²) in [6, 6.07) is 16.7. The predicted octanol–water partition coefficient (Wildman–Crippen LogP) is 4.38. The normalized spacial score (nSPS) is 14.5. The highest BCUT2D eigenvalue weighted by atomic mass is 16.5. The van der Waals surface area contributed by atoms with Gasteiger partial charge in [-0.1, -0.05) is 44.2 Å². The SMILES string of the molecule is COc1ccc(NC(=O)c2cc3c([nH]c2=O)CC(C)(C)CC3=O)cc1Cc1ccccc1. The van der Waals surface area contributed by atoms with Gasteiger partial charge in [-0.2, -0.15) is 0 Å². The number of ether oxygens (including phenoxy) is 1. The van der Waals surface area contributed by atoms with Gasteiger partial charge in [-0.05, 0) is 41.7 Å². The van der Waals surface area contributed by atoms with Crippen molar-refractivity contribution in [2.75, 3.05) is 12.4 Å². The van der Waals surface area contributed by atoms with Crippen molar-refractivity contribution in [2.24, 2.45) is 5.41 Å². The molecule has 0 atom stereocenters. The molecule has 4 rings (SSSR count). The van der Waals surface area contributed by atoms with Crippen LogP contribution in [0.4, 0.5) is 5.69 Å². The minimum absolute atomic E-state index is 0.0591. The van der Waals surface area contributed by atoms with E-state index in [4.69, 9.17) is 4.74 Å².